The van der Waals surface area contributed by atoms with Gasteiger partial charge in [-0.1, -0.05) is 0 Å². The zero-order valence-corrected chi connectivity index (χ0v) is 9.41. The molecule has 18 heavy (non-hydrogen) atoms. The summed E-state index contributed by atoms with van der Waals surface area (Å²) < 4.78 is 28.0. The molecule has 0 bridgehead atoms. The maximum absolute atomic E-state index is 13.2. The fraction of sp³-hybridized carbons (Fsp3) is 0.0769. The van der Waals surface area contributed by atoms with E-state index in [1.165, 1.54) is 0 Å². The van der Waals surface area contributed by atoms with Gasteiger partial charge in [-0.3, -0.25) is 4.40 Å². The first-order valence-electron chi connectivity index (χ1n) is 5.28. The second kappa shape index (κ2) is 3.50. The molecule has 0 amide bonds. The molecule has 3 nitrogen and oxygen atoms in total. The molecule has 3 aromatic rings. The third kappa shape index (κ3) is 1.29. The third-order valence-electron chi connectivity index (χ3n) is 2.93. The smallest absolute Gasteiger partial charge is 0.161 e. The Labute approximate surface area is 101 Å². The van der Waals surface area contributed by atoms with Crippen molar-refractivity contribution in [3.05, 3.63) is 47.2 Å². The van der Waals surface area contributed by atoms with Crippen LogP contribution in [0.25, 0.3) is 16.7 Å². The van der Waals surface area contributed by atoms with Crippen LogP contribution in [0.2, 0.25) is 0 Å². The number of pyridine rings is 1. The number of hydrogen-bond donors (Lipinski definition) is 0. The van der Waals surface area contributed by atoms with Crippen molar-refractivity contribution in [2.24, 2.45) is 0 Å². The summed E-state index contributed by atoms with van der Waals surface area (Å²) in [5.74, 6) is -1.87. The molecule has 88 valence electrons. The number of aromatic nitrogens is 2. The SMILES string of the molecule is Cc1ccn2c(nc3cc(F)c(F)cc32)c1C#N. The van der Waals surface area contributed by atoms with Crippen LogP contribution in [0.1, 0.15) is 11.1 Å². The predicted octanol–water partition coefficient (Wildman–Crippen LogP) is 2.95. The van der Waals surface area contributed by atoms with Crippen molar-refractivity contribution in [1.82, 2.24) is 9.38 Å². The molecule has 0 fully saturated rings. The first-order valence-corrected chi connectivity index (χ1v) is 5.28. The van der Waals surface area contributed by atoms with Crippen molar-refractivity contribution in [3.8, 4) is 6.07 Å². The summed E-state index contributed by atoms with van der Waals surface area (Å²) in [5, 5.41) is 9.10. The number of aryl methyl sites for hydroxylation is 1. The van der Waals surface area contributed by atoms with Gasteiger partial charge in [0.25, 0.3) is 0 Å². The highest BCUT2D eigenvalue weighted by Crippen LogP contribution is 2.23. The van der Waals surface area contributed by atoms with Crippen LogP contribution < -0.4 is 0 Å². The molecule has 0 unspecified atom stereocenters. The number of benzene rings is 1. The molecule has 0 radical (unpaired) electrons. The lowest BCUT2D eigenvalue weighted by atomic mass is 10.2. The fourth-order valence-electron chi connectivity index (χ4n) is 2.00. The Balaban J connectivity index is 2.56. The lowest BCUT2D eigenvalue weighted by molar-refractivity contribution is 0.510. The highest BCUT2D eigenvalue weighted by molar-refractivity contribution is 5.82. The molecule has 2 aromatic heterocycles. The zero-order valence-electron chi connectivity index (χ0n) is 9.41. The molecule has 3 rings (SSSR count). The van der Waals surface area contributed by atoms with Crippen molar-refractivity contribution >= 4 is 16.7 Å². The van der Waals surface area contributed by atoms with Gasteiger partial charge < -0.3 is 0 Å². The molecule has 0 aliphatic carbocycles. The molecule has 2 heterocycles. The monoisotopic (exact) mass is 243 g/mol. The molecule has 0 atom stereocenters. The van der Waals surface area contributed by atoms with Gasteiger partial charge in [0.15, 0.2) is 17.3 Å². The van der Waals surface area contributed by atoms with Crippen LogP contribution in [-0.4, -0.2) is 9.38 Å². The third-order valence-corrected chi connectivity index (χ3v) is 2.93. The predicted molar refractivity (Wildman–Crippen MR) is 62.1 cm³/mol. The number of hydrogen-bond acceptors (Lipinski definition) is 2. The Kier molecular flexibility index (Phi) is 2.08. The summed E-state index contributed by atoms with van der Waals surface area (Å²) >= 11 is 0. The van der Waals surface area contributed by atoms with Crippen molar-refractivity contribution in [3.63, 3.8) is 0 Å². The first-order chi connectivity index (χ1) is 8.61. The van der Waals surface area contributed by atoms with Gasteiger partial charge in [-0.05, 0) is 18.6 Å². The molecule has 1 aromatic carbocycles. The van der Waals surface area contributed by atoms with E-state index >= 15 is 0 Å². The lowest BCUT2D eigenvalue weighted by Gasteiger charge is -2.00. The van der Waals surface area contributed by atoms with E-state index in [4.69, 9.17) is 5.26 Å². The number of imidazole rings is 1. The van der Waals surface area contributed by atoms with Gasteiger partial charge in [0.1, 0.15) is 6.07 Å². The van der Waals surface area contributed by atoms with Gasteiger partial charge in [0.2, 0.25) is 0 Å². The molecular weight excluding hydrogens is 236 g/mol. The summed E-state index contributed by atoms with van der Waals surface area (Å²) in [6, 6.07) is 5.92. The van der Waals surface area contributed by atoms with E-state index in [1.807, 2.05) is 0 Å². The lowest BCUT2D eigenvalue weighted by Crippen LogP contribution is -1.91. The van der Waals surface area contributed by atoms with Gasteiger partial charge in [0, 0.05) is 18.3 Å². The summed E-state index contributed by atoms with van der Waals surface area (Å²) in [7, 11) is 0. The Bertz CT molecular complexity index is 828. The van der Waals surface area contributed by atoms with Crippen molar-refractivity contribution < 1.29 is 8.78 Å². The molecular formula is C13H7F2N3. The maximum Gasteiger partial charge on any atom is 0.161 e. The van der Waals surface area contributed by atoms with Crippen molar-refractivity contribution in [2.45, 2.75) is 6.92 Å². The molecule has 0 aliphatic heterocycles. The van der Waals surface area contributed by atoms with Gasteiger partial charge >= 0.3 is 0 Å². The largest absolute Gasteiger partial charge is 0.298 e. The Morgan fingerprint density at radius 1 is 1.28 bits per heavy atom. The molecule has 0 saturated carbocycles. The van der Waals surface area contributed by atoms with E-state index in [-0.39, 0.29) is 0 Å². The summed E-state index contributed by atoms with van der Waals surface area (Å²) in [4.78, 5) is 4.18. The van der Waals surface area contributed by atoms with Crippen LogP contribution in [0.4, 0.5) is 8.78 Å². The molecule has 0 N–H and O–H groups in total. The number of nitrogens with zero attached hydrogens (tertiary/aromatic N) is 3. The molecule has 0 aliphatic rings. The van der Waals surface area contributed by atoms with Crippen LogP contribution in [0.15, 0.2) is 24.4 Å². The van der Waals surface area contributed by atoms with Crippen LogP contribution in [0, 0.1) is 29.9 Å². The van der Waals surface area contributed by atoms with Crippen molar-refractivity contribution in [1.29, 1.82) is 5.26 Å². The van der Waals surface area contributed by atoms with E-state index in [0.29, 0.717) is 22.2 Å². The minimum atomic E-state index is -0.943. The van der Waals surface area contributed by atoms with Gasteiger partial charge in [-0.15, -0.1) is 0 Å². The average Bonchev–Trinajstić information content (AvgIpc) is 2.67. The second-order valence-electron chi connectivity index (χ2n) is 4.05. The number of halogens is 2. The molecule has 0 saturated heterocycles. The summed E-state index contributed by atoms with van der Waals surface area (Å²) in [6.45, 7) is 1.79. The van der Waals surface area contributed by atoms with Gasteiger partial charge in [0.05, 0.1) is 16.6 Å². The van der Waals surface area contributed by atoms with E-state index in [0.717, 1.165) is 17.7 Å². The Hall–Kier alpha value is -2.48. The van der Waals surface area contributed by atoms with E-state index in [9.17, 15) is 8.78 Å². The van der Waals surface area contributed by atoms with Crippen LogP contribution in [-0.2, 0) is 0 Å². The molecule has 5 heteroatoms. The van der Waals surface area contributed by atoms with E-state index in [1.54, 1.807) is 23.6 Å². The number of nitriles is 1. The zero-order chi connectivity index (χ0) is 12.9. The highest BCUT2D eigenvalue weighted by Gasteiger charge is 2.13. The highest BCUT2D eigenvalue weighted by atomic mass is 19.2. The summed E-state index contributed by atoms with van der Waals surface area (Å²) in [5.41, 5.74) is 2.38. The van der Waals surface area contributed by atoms with Crippen LogP contribution >= 0.6 is 0 Å². The first kappa shape index (κ1) is 10.7. The molecule has 0 spiro atoms. The van der Waals surface area contributed by atoms with E-state index < -0.39 is 11.6 Å². The standard InChI is InChI=1S/C13H7F2N3/c1-7-2-3-18-12-5-10(15)9(14)4-11(12)17-13(18)8(7)6-16/h2-5H,1H3. The minimum absolute atomic E-state index is 0.330. The summed E-state index contributed by atoms with van der Waals surface area (Å²) in [6.07, 6.45) is 1.69. The van der Waals surface area contributed by atoms with Crippen LogP contribution in [0.5, 0.6) is 0 Å². The normalized spacial score (nSPS) is 11.0. The minimum Gasteiger partial charge on any atom is -0.298 e. The maximum atomic E-state index is 13.2. The van der Waals surface area contributed by atoms with E-state index in [2.05, 4.69) is 11.1 Å². The van der Waals surface area contributed by atoms with Crippen LogP contribution in [0.3, 0.4) is 0 Å². The quantitative estimate of drug-likeness (QED) is 0.609. The Morgan fingerprint density at radius 2 is 2.00 bits per heavy atom. The van der Waals surface area contributed by atoms with Gasteiger partial charge in [-0.2, -0.15) is 5.26 Å². The second-order valence-corrected chi connectivity index (χ2v) is 4.05. The number of rotatable bonds is 0. The van der Waals surface area contributed by atoms with Crippen molar-refractivity contribution in [2.75, 3.05) is 0 Å². The average molecular weight is 243 g/mol. The Morgan fingerprint density at radius 3 is 2.72 bits per heavy atom. The van der Waals surface area contributed by atoms with Gasteiger partial charge in [-0.25, -0.2) is 13.8 Å². The number of fused-ring (bicyclic) bond motifs is 3. The fourth-order valence-corrected chi connectivity index (χ4v) is 2.00. The topological polar surface area (TPSA) is 41.1 Å².